The second kappa shape index (κ2) is 6.78. The van der Waals surface area contributed by atoms with Crippen molar-refractivity contribution in [1.82, 2.24) is 5.32 Å². The summed E-state index contributed by atoms with van der Waals surface area (Å²) >= 11 is 0. The third-order valence-corrected chi connectivity index (χ3v) is 3.88. The van der Waals surface area contributed by atoms with E-state index in [4.69, 9.17) is 0 Å². The summed E-state index contributed by atoms with van der Waals surface area (Å²) < 4.78 is 0. The lowest BCUT2D eigenvalue weighted by Gasteiger charge is -2.14. The molecule has 1 amide bonds. The van der Waals surface area contributed by atoms with Gasteiger partial charge in [0, 0.05) is 6.04 Å². The van der Waals surface area contributed by atoms with Crippen molar-refractivity contribution < 1.29 is 4.79 Å². The average Bonchev–Trinajstić information content (AvgIpc) is 2.41. The van der Waals surface area contributed by atoms with Crippen LogP contribution in [-0.4, -0.2) is 11.9 Å². The highest BCUT2D eigenvalue weighted by atomic mass is 16.1. The summed E-state index contributed by atoms with van der Waals surface area (Å²) in [6.07, 6.45) is 0.419. The fourth-order valence-electron chi connectivity index (χ4n) is 2.61. The van der Waals surface area contributed by atoms with Crippen LogP contribution in [0.5, 0.6) is 0 Å². The van der Waals surface area contributed by atoms with Gasteiger partial charge in [0.2, 0.25) is 5.91 Å². The van der Waals surface area contributed by atoms with Crippen LogP contribution in [-0.2, 0) is 11.2 Å². The van der Waals surface area contributed by atoms with Crippen molar-refractivity contribution in [2.75, 3.05) is 0 Å². The summed E-state index contributed by atoms with van der Waals surface area (Å²) in [6.45, 7) is 10.3. The molecule has 0 aliphatic heterocycles. The second-order valence-corrected chi connectivity index (χ2v) is 6.36. The minimum absolute atomic E-state index is 0.0747. The molecule has 2 aromatic carbocycles. The highest BCUT2D eigenvalue weighted by Crippen LogP contribution is 2.27. The quantitative estimate of drug-likeness (QED) is 0.893. The third-order valence-electron chi connectivity index (χ3n) is 3.88. The van der Waals surface area contributed by atoms with Crippen molar-refractivity contribution in [3.8, 4) is 11.1 Å². The zero-order valence-electron chi connectivity index (χ0n) is 14.2. The molecule has 0 bridgehead atoms. The fourth-order valence-corrected chi connectivity index (χ4v) is 2.61. The Morgan fingerprint density at radius 2 is 1.73 bits per heavy atom. The molecule has 0 radical (unpaired) electrons. The van der Waals surface area contributed by atoms with Crippen LogP contribution in [0.3, 0.4) is 0 Å². The molecule has 0 aliphatic rings. The Balaban J connectivity index is 2.39. The molecule has 2 rings (SSSR count). The van der Waals surface area contributed by atoms with E-state index in [2.05, 4.69) is 62.5 Å². The Morgan fingerprint density at radius 3 is 2.36 bits per heavy atom. The Morgan fingerprint density at radius 1 is 1.00 bits per heavy atom. The smallest absolute Gasteiger partial charge is 0.224 e. The van der Waals surface area contributed by atoms with Crippen LogP contribution in [0.1, 0.15) is 36.1 Å². The van der Waals surface area contributed by atoms with Gasteiger partial charge in [0.05, 0.1) is 6.42 Å². The van der Waals surface area contributed by atoms with Gasteiger partial charge in [-0.25, -0.2) is 0 Å². The predicted octanol–water partition coefficient (Wildman–Crippen LogP) is 4.35. The average molecular weight is 295 g/mol. The van der Waals surface area contributed by atoms with Crippen LogP contribution in [0, 0.1) is 20.8 Å². The van der Waals surface area contributed by atoms with Crippen molar-refractivity contribution in [2.24, 2.45) is 0 Å². The number of benzene rings is 2. The van der Waals surface area contributed by atoms with Crippen LogP contribution in [0.25, 0.3) is 11.1 Å². The van der Waals surface area contributed by atoms with Gasteiger partial charge in [-0.2, -0.15) is 0 Å². The van der Waals surface area contributed by atoms with Gasteiger partial charge in [-0.15, -0.1) is 0 Å². The lowest BCUT2D eigenvalue weighted by Crippen LogP contribution is -2.31. The zero-order valence-corrected chi connectivity index (χ0v) is 14.2. The fraction of sp³-hybridized carbons (Fsp3) is 0.350. The third kappa shape index (κ3) is 3.97. The standard InChI is InChI=1S/C20H25NO/c1-13(2)21-20(22)12-18-10-14(3)6-9-19(18)17-8-7-15(4)16(5)11-17/h6-11,13H,12H2,1-5H3,(H,21,22). The van der Waals surface area contributed by atoms with Crippen LogP contribution < -0.4 is 5.32 Å². The second-order valence-electron chi connectivity index (χ2n) is 6.36. The summed E-state index contributed by atoms with van der Waals surface area (Å²) in [7, 11) is 0. The van der Waals surface area contributed by atoms with Gasteiger partial charge in [-0.05, 0) is 62.4 Å². The Bertz CT molecular complexity index is 686. The SMILES string of the molecule is Cc1ccc(-c2ccc(C)c(C)c2)c(CC(=O)NC(C)C)c1. The van der Waals surface area contributed by atoms with Crippen LogP contribution >= 0.6 is 0 Å². The lowest BCUT2D eigenvalue weighted by molar-refractivity contribution is -0.120. The molecule has 0 saturated heterocycles. The summed E-state index contributed by atoms with van der Waals surface area (Å²) in [5.41, 5.74) is 7.15. The summed E-state index contributed by atoms with van der Waals surface area (Å²) in [6, 6.07) is 13.0. The van der Waals surface area contributed by atoms with Gasteiger partial charge >= 0.3 is 0 Å². The maximum Gasteiger partial charge on any atom is 0.224 e. The monoisotopic (exact) mass is 295 g/mol. The molecule has 2 nitrogen and oxygen atoms in total. The molecule has 2 heteroatoms. The first-order valence-corrected chi connectivity index (χ1v) is 7.83. The van der Waals surface area contributed by atoms with Crippen LogP contribution in [0.4, 0.5) is 0 Å². The first kappa shape index (κ1) is 16.3. The molecule has 0 aromatic heterocycles. The minimum Gasteiger partial charge on any atom is -0.354 e. The molecule has 0 aliphatic carbocycles. The maximum atomic E-state index is 12.1. The highest BCUT2D eigenvalue weighted by Gasteiger charge is 2.11. The highest BCUT2D eigenvalue weighted by molar-refractivity contribution is 5.82. The van der Waals surface area contributed by atoms with E-state index in [-0.39, 0.29) is 11.9 Å². The van der Waals surface area contributed by atoms with E-state index in [9.17, 15) is 4.79 Å². The number of rotatable bonds is 4. The van der Waals surface area contributed by atoms with Crippen molar-refractivity contribution in [3.05, 3.63) is 58.7 Å². The normalized spacial score (nSPS) is 10.8. The topological polar surface area (TPSA) is 29.1 Å². The van der Waals surface area contributed by atoms with Gasteiger partial charge in [0.25, 0.3) is 0 Å². The van der Waals surface area contributed by atoms with Crippen molar-refractivity contribution in [2.45, 2.75) is 47.1 Å². The number of hydrogen-bond acceptors (Lipinski definition) is 1. The molecule has 116 valence electrons. The van der Waals surface area contributed by atoms with Crippen LogP contribution in [0.15, 0.2) is 36.4 Å². The predicted molar refractivity (Wildman–Crippen MR) is 93.1 cm³/mol. The first-order valence-electron chi connectivity index (χ1n) is 7.83. The van der Waals surface area contributed by atoms with Gasteiger partial charge in [0.15, 0.2) is 0 Å². The van der Waals surface area contributed by atoms with Crippen molar-refractivity contribution in [1.29, 1.82) is 0 Å². The molecule has 22 heavy (non-hydrogen) atoms. The number of carbonyl (C=O) groups excluding carboxylic acids is 1. The molecule has 2 aromatic rings. The van der Waals surface area contributed by atoms with E-state index in [1.165, 1.54) is 22.3 Å². The number of aryl methyl sites for hydroxylation is 3. The summed E-state index contributed by atoms with van der Waals surface area (Å²) in [5, 5.41) is 2.97. The van der Waals surface area contributed by atoms with E-state index in [0.717, 1.165) is 11.1 Å². The Kier molecular flexibility index (Phi) is 5.02. The molecule has 1 N–H and O–H groups in total. The molecular formula is C20H25NO. The zero-order chi connectivity index (χ0) is 16.3. The van der Waals surface area contributed by atoms with Gasteiger partial charge in [-0.1, -0.05) is 42.0 Å². The number of hydrogen-bond donors (Lipinski definition) is 1. The van der Waals surface area contributed by atoms with E-state index in [1.807, 2.05) is 13.8 Å². The van der Waals surface area contributed by atoms with E-state index < -0.39 is 0 Å². The molecule has 0 fully saturated rings. The maximum absolute atomic E-state index is 12.1. The molecule has 0 saturated carbocycles. The van der Waals surface area contributed by atoms with Gasteiger partial charge in [-0.3, -0.25) is 4.79 Å². The molecule has 0 unspecified atom stereocenters. The van der Waals surface area contributed by atoms with Crippen molar-refractivity contribution in [3.63, 3.8) is 0 Å². The van der Waals surface area contributed by atoms with Crippen LogP contribution in [0.2, 0.25) is 0 Å². The molecule has 0 spiro atoms. The first-order chi connectivity index (χ1) is 10.4. The number of nitrogens with one attached hydrogen (secondary N) is 1. The number of amides is 1. The summed E-state index contributed by atoms with van der Waals surface area (Å²) in [4.78, 5) is 12.1. The minimum atomic E-state index is 0.0747. The Hall–Kier alpha value is -2.09. The van der Waals surface area contributed by atoms with E-state index in [0.29, 0.717) is 6.42 Å². The molecule has 0 heterocycles. The molecular weight excluding hydrogens is 270 g/mol. The number of carbonyl (C=O) groups is 1. The van der Waals surface area contributed by atoms with E-state index in [1.54, 1.807) is 0 Å². The lowest BCUT2D eigenvalue weighted by atomic mass is 9.93. The molecule has 0 atom stereocenters. The van der Waals surface area contributed by atoms with E-state index >= 15 is 0 Å². The largest absolute Gasteiger partial charge is 0.354 e. The summed E-state index contributed by atoms with van der Waals surface area (Å²) in [5.74, 6) is 0.0747. The van der Waals surface area contributed by atoms with Gasteiger partial charge in [0.1, 0.15) is 0 Å². The van der Waals surface area contributed by atoms with Gasteiger partial charge < -0.3 is 5.32 Å². The Labute approximate surface area is 133 Å². The van der Waals surface area contributed by atoms with Crippen molar-refractivity contribution >= 4 is 5.91 Å².